The molecule has 0 atom stereocenters. The minimum atomic E-state index is -4.00. The molecule has 1 aromatic heterocycles. The summed E-state index contributed by atoms with van der Waals surface area (Å²) in [5.41, 5.74) is 0.441. The Balaban J connectivity index is 2.25. The van der Waals surface area contributed by atoms with E-state index >= 15 is 0 Å². The monoisotopic (exact) mass is 379 g/mol. The highest BCUT2D eigenvalue weighted by Crippen LogP contribution is 2.41. The largest absolute Gasteiger partial charge is 0.296 e. The predicted molar refractivity (Wildman–Crippen MR) is 74.4 cm³/mol. The number of benzene rings is 1. The minimum absolute atomic E-state index is 0.0151. The lowest BCUT2D eigenvalue weighted by atomic mass is 10.2. The molecule has 1 heterocycles. The fourth-order valence-corrected chi connectivity index (χ4v) is 3.31. The normalized spacial score (nSPS) is 15.6. The molecule has 0 radical (unpaired) electrons. The Labute approximate surface area is 127 Å². The molecule has 1 saturated carbocycles. The molecule has 1 aliphatic rings. The van der Waals surface area contributed by atoms with Gasteiger partial charge in [-0.05, 0) is 31.0 Å². The van der Waals surface area contributed by atoms with Gasteiger partial charge >= 0.3 is 0 Å². The first-order chi connectivity index (χ1) is 9.38. The molecule has 5 nitrogen and oxygen atoms in total. The van der Waals surface area contributed by atoms with Crippen LogP contribution in [0.15, 0.2) is 27.8 Å². The zero-order chi connectivity index (χ0) is 14.5. The fraction of sp³-hybridized carbons (Fsp3) is 0.273. The van der Waals surface area contributed by atoms with Crippen LogP contribution in [-0.2, 0) is 9.05 Å². The first-order valence-electron chi connectivity index (χ1n) is 5.73. The Morgan fingerprint density at radius 1 is 1.35 bits per heavy atom. The lowest BCUT2D eigenvalue weighted by molar-refractivity contribution is 0.579. The number of hydrogen-bond acceptors (Lipinski definition) is 4. The van der Waals surface area contributed by atoms with Crippen LogP contribution in [0.4, 0.5) is 4.39 Å². The van der Waals surface area contributed by atoms with Crippen molar-refractivity contribution in [3.05, 3.63) is 28.5 Å². The fourth-order valence-electron chi connectivity index (χ4n) is 1.96. The first kappa shape index (κ1) is 14.0. The van der Waals surface area contributed by atoms with Gasteiger partial charge in [-0.15, -0.1) is 10.2 Å². The third-order valence-electron chi connectivity index (χ3n) is 2.96. The number of aromatic nitrogens is 3. The van der Waals surface area contributed by atoms with Crippen molar-refractivity contribution in [2.24, 2.45) is 0 Å². The van der Waals surface area contributed by atoms with Crippen molar-refractivity contribution in [1.82, 2.24) is 14.8 Å². The maximum Gasteiger partial charge on any atom is 0.296 e. The Bertz CT molecular complexity index is 789. The van der Waals surface area contributed by atoms with Crippen molar-refractivity contribution in [2.45, 2.75) is 24.0 Å². The Hall–Kier alpha value is -0.990. The van der Waals surface area contributed by atoms with E-state index in [1.54, 1.807) is 0 Å². The molecule has 3 rings (SSSR count). The highest BCUT2D eigenvalue weighted by atomic mass is 79.9. The average molecular weight is 381 g/mol. The Kier molecular flexibility index (Phi) is 3.34. The van der Waals surface area contributed by atoms with Crippen molar-refractivity contribution in [2.75, 3.05) is 0 Å². The van der Waals surface area contributed by atoms with Crippen molar-refractivity contribution in [1.29, 1.82) is 0 Å². The lowest BCUT2D eigenvalue weighted by Gasteiger charge is -2.08. The molecule has 0 aliphatic heterocycles. The molecule has 9 heteroatoms. The summed E-state index contributed by atoms with van der Waals surface area (Å²) in [6.07, 6.45) is 1.63. The van der Waals surface area contributed by atoms with Crippen molar-refractivity contribution < 1.29 is 12.8 Å². The predicted octanol–water partition coefficient (Wildman–Crippen LogP) is 3.11. The van der Waals surface area contributed by atoms with Crippen LogP contribution in [-0.4, -0.2) is 23.2 Å². The van der Waals surface area contributed by atoms with Gasteiger partial charge in [-0.3, -0.25) is 4.57 Å². The first-order valence-corrected chi connectivity index (χ1v) is 8.83. The molecule has 1 fully saturated rings. The minimum Gasteiger partial charge on any atom is -0.294 e. The molecule has 20 heavy (non-hydrogen) atoms. The molecule has 0 bridgehead atoms. The van der Waals surface area contributed by atoms with Crippen LogP contribution < -0.4 is 0 Å². The van der Waals surface area contributed by atoms with Crippen LogP contribution in [0.5, 0.6) is 0 Å². The van der Waals surface area contributed by atoms with Gasteiger partial charge in [-0.2, -0.15) is 0 Å². The summed E-state index contributed by atoms with van der Waals surface area (Å²) in [4.78, 5) is 0. The van der Waals surface area contributed by atoms with Gasteiger partial charge in [0.05, 0.1) is 0 Å². The molecule has 0 unspecified atom stereocenters. The van der Waals surface area contributed by atoms with Crippen LogP contribution in [0, 0.1) is 5.82 Å². The van der Waals surface area contributed by atoms with Crippen LogP contribution in [0.1, 0.15) is 18.9 Å². The van der Waals surface area contributed by atoms with E-state index in [-0.39, 0.29) is 17.0 Å². The van der Waals surface area contributed by atoms with Crippen molar-refractivity contribution in [3.63, 3.8) is 0 Å². The van der Waals surface area contributed by atoms with Gasteiger partial charge in [-0.25, -0.2) is 12.8 Å². The van der Waals surface area contributed by atoms with Crippen LogP contribution in [0.25, 0.3) is 11.4 Å². The molecule has 106 valence electrons. The van der Waals surface area contributed by atoms with E-state index in [1.807, 2.05) is 0 Å². The topological polar surface area (TPSA) is 64.8 Å². The molecule has 0 N–H and O–H groups in total. The zero-order valence-corrected chi connectivity index (χ0v) is 13.1. The highest BCUT2D eigenvalue weighted by molar-refractivity contribution is 9.10. The van der Waals surface area contributed by atoms with Gasteiger partial charge in [0.15, 0.2) is 5.82 Å². The second kappa shape index (κ2) is 4.78. The standard InChI is InChI=1S/C11H8BrClFN3O2S/c12-9-4-1-6(14)5-8(9)10-15-16-11(20(13,18)19)17(10)7-2-3-7/h1,4-5,7H,2-3H2. The Morgan fingerprint density at radius 3 is 2.65 bits per heavy atom. The molecule has 0 amide bonds. The Morgan fingerprint density at radius 2 is 2.05 bits per heavy atom. The molecular formula is C11H8BrClFN3O2S. The summed E-state index contributed by atoms with van der Waals surface area (Å²) in [7, 11) is 1.37. The van der Waals surface area contributed by atoms with Crippen molar-refractivity contribution >= 4 is 35.7 Å². The third-order valence-corrected chi connectivity index (χ3v) is 4.78. The summed E-state index contributed by atoms with van der Waals surface area (Å²) < 4.78 is 38.5. The smallest absolute Gasteiger partial charge is 0.294 e. The molecule has 0 spiro atoms. The van der Waals surface area contributed by atoms with E-state index in [2.05, 4.69) is 26.1 Å². The number of halogens is 3. The summed E-state index contributed by atoms with van der Waals surface area (Å²) >= 11 is 3.30. The second-order valence-electron chi connectivity index (χ2n) is 4.47. The van der Waals surface area contributed by atoms with Gasteiger partial charge in [0, 0.05) is 26.8 Å². The maximum atomic E-state index is 13.4. The SMILES string of the molecule is O=S(=O)(Cl)c1nnc(-c2cc(F)ccc2Br)n1C1CC1. The number of nitrogens with zero attached hydrogens (tertiary/aromatic N) is 3. The second-order valence-corrected chi connectivity index (χ2v) is 7.78. The summed E-state index contributed by atoms with van der Waals surface area (Å²) in [5, 5.41) is 7.22. The van der Waals surface area contributed by atoms with Gasteiger partial charge in [0.25, 0.3) is 14.2 Å². The van der Waals surface area contributed by atoms with Gasteiger partial charge < -0.3 is 0 Å². The molecular weight excluding hydrogens is 373 g/mol. The summed E-state index contributed by atoms with van der Waals surface area (Å²) in [6.45, 7) is 0. The average Bonchev–Trinajstić information content (AvgIpc) is 3.09. The third kappa shape index (κ3) is 2.47. The van der Waals surface area contributed by atoms with E-state index < -0.39 is 14.9 Å². The van der Waals surface area contributed by atoms with E-state index in [0.29, 0.717) is 10.0 Å². The zero-order valence-electron chi connectivity index (χ0n) is 9.92. The van der Waals surface area contributed by atoms with E-state index in [0.717, 1.165) is 12.8 Å². The summed E-state index contributed by atoms with van der Waals surface area (Å²) in [5.74, 6) is -0.151. The van der Waals surface area contributed by atoms with Crippen LogP contribution in [0.2, 0.25) is 0 Å². The number of rotatable bonds is 3. The van der Waals surface area contributed by atoms with Gasteiger partial charge in [0.1, 0.15) is 5.82 Å². The van der Waals surface area contributed by atoms with Crippen LogP contribution >= 0.6 is 26.6 Å². The molecule has 1 aliphatic carbocycles. The van der Waals surface area contributed by atoms with Crippen molar-refractivity contribution in [3.8, 4) is 11.4 Å². The molecule has 1 aromatic carbocycles. The molecule has 2 aromatic rings. The van der Waals surface area contributed by atoms with Crippen LogP contribution in [0.3, 0.4) is 0 Å². The number of hydrogen-bond donors (Lipinski definition) is 0. The lowest BCUT2D eigenvalue weighted by Crippen LogP contribution is -2.06. The van der Waals surface area contributed by atoms with E-state index in [9.17, 15) is 12.8 Å². The van der Waals surface area contributed by atoms with Gasteiger partial charge in [0.2, 0.25) is 0 Å². The van der Waals surface area contributed by atoms with E-state index in [4.69, 9.17) is 10.7 Å². The maximum absolute atomic E-state index is 13.4. The molecule has 0 saturated heterocycles. The van der Waals surface area contributed by atoms with Gasteiger partial charge in [-0.1, -0.05) is 15.9 Å². The quantitative estimate of drug-likeness (QED) is 0.768. The van der Waals surface area contributed by atoms with E-state index in [1.165, 1.54) is 22.8 Å². The highest BCUT2D eigenvalue weighted by Gasteiger charge is 2.34. The summed E-state index contributed by atoms with van der Waals surface area (Å²) in [6, 6.07) is 4.09.